The van der Waals surface area contributed by atoms with Gasteiger partial charge in [0.05, 0.1) is 26.0 Å². The summed E-state index contributed by atoms with van der Waals surface area (Å²) >= 11 is 0. The lowest BCUT2D eigenvalue weighted by Crippen LogP contribution is -1.91. The molecule has 1 nitrogen and oxygen atoms in total. The second kappa shape index (κ2) is 7.81. The fourth-order valence-corrected chi connectivity index (χ4v) is 4.85. The van der Waals surface area contributed by atoms with E-state index in [-0.39, 0.29) is 76.5 Å². The molecular formula is C36H22O. The van der Waals surface area contributed by atoms with Crippen LogP contribution >= 0.6 is 0 Å². The summed E-state index contributed by atoms with van der Waals surface area (Å²) in [6.07, 6.45) is 0. The van der Waals surface area contributed by atoms with Crippen molar-refractivity contribution in [2.45, 2.75) is 0 Å². The molecule has 1 aromatic heterocycles. The molecule has 172 valence electrons. The van der Waals surface area contributed by atoms with Gasteiger partial charge >= 0.3 is 0 Å². The Morgan fingerprint density at radius 2 is 1.05 bits per heavy atom. The highest BCUT2D eigenvalue weighted by Gasteiger charge is 2.19. The Morgan fingerprint density at radius 3 is 1.95 bits per heavy atom. The van der Waals surface area contributed by atoms with E-state index in [0.717, 1.165) is 12.1 Å². The lowest BCUT2D eigenvalue weighted by Gasteiger charge is -2.18. The zero-order valence-electron chi connectivity index (χ0n) is 37.6. The van der Waals surface area contributed by atoms with Crippen LogP contribution in [0.1, 0.15) is 26.0 Å². The van der Waals surface area contributed by atoms with Crippen molar-refractivity contribution in [3.63, 3.8) is 0 Å². The number of furan rings is 1. The molecular weight excluding hydrogens is 448 g/mol. The van der Waals surface area contributed by atoms with Crippen molar-refractivity contribution in [1.82, 2.24) is 0 Å². The van der Waals surface area contributed by atoms with Crippen molar-refractivity contribution >= 4 is 54.3 Å². The second-order valence-corrected chi connectivity index (χ2v) is 8.24. The smallest absolute Gasteiger partial charge is 0.143 e. The molecule has 1 heterocycles. The monoisotopic (exact) mass is 489 g/mol. The Kier molecular flexibility index (Phi) is 1.94. The topological polar surface area (TPSA) is 13.1 Å². The van der Waals surface area contributed by atoms with Gasteiger partial charge in [0.25, 0.3) is 0 Å². The molecule has 8 rings (SSSR count). The van der Waals surface area contributed by atoms with Gasteiger partial charge in [-0.3, -0.25) is 0 Å². The van der Waals surface area contributed by atoms with Gasteiger partial charge in [0.15, 0.2) is 0 Å². The molecule has 0 atom stereocenters. The molecule has 0 aliphatic rings. The Labute approximate surface area is 240 Å². The van der Waals surface area contributed by atoms with Crippen LogP contribution in [0.15, 0.2) is 137 Å². The molecule has 0 spiro atoms. The fourth-order valence-electron chi connectivity index (χ4n) is 4.85. The second-order valence-electron chi connectivity index (χ2n) is 8.24. The van der Waals surface area contributed by atoms with Gasteiger partial charge in [0.1, 0.15) is 11.2 Å². The van der Waals surface area contributed by atoms with Gasteiger partial charge in [-0.1, -0.05) is 121 Å². The molecule has 0 bridgehead atoms. The van der Waals surface area contributed by atoms with Crippen molar-refractivity contribution < 1.29 is 30.5 Å². The van der Waals surface area contributed by atoms with Gasteiger partial charge in [-0.25, -0.2) is 0 Å². The van der Waals surface area contributed by atoms with E-state index >= 15 is 0 Å². The Morgan fingerprint density at radius 1 is 0.405 bits per heavy atom. The van der Waals surface area contributed by atoms with Gasteiger partial charge in [-0.05, 0) is 61.3 Å². The van der Waals surface area contributed by atoms with Crippen molar-refractivity contribution in [2.24, 2.45) is 0 Å². The third-order valence-corrected chi connectivity index (χ3v) is 6.36. The van der Waals surface area contributed by atoms with Crippen LogP contribution in [0.25, 0.3) is 76.5 Å². The third kappa shape index (κ3) is 2.92. The summed E-state index contributed by atoms with van der Waals surface area (Å²) in [4.78, 5) is 0. The van der Waals surface area contributed by atoms with E-state index < -0.39 is 115 Å². The predicted octanol–water partition coefficient (Wildman–Crippen LogP) is 10.4. The first kappa shape index (κ1) is 9.21. The van der Waals surface area contributed by atoms with E-state index in [0.29, 0.717) is 0 Å². The zero-order chi connectivity index (χ0) is 40.9. The highest BCUT2D eigenvalue weighted by atomic mass is 16.3. The van der Waals surface area contributed by atoms with Gasteiger partial charge < -0.3 is 4.42 Å². The van der Waals surface area contributed by atoms with Gasteiger partial charge in [-0.2, -0.15) is 0 Å². The first-order valence-corrected chi connectivity index (χ1v) is 11.1. The van der Waals surface area contributed by atoms with Gasteiger partial charge in [0.2, 0.25) is 0 Å². The summed E-state index contributed by atoms with van der Waals surface area (Å²) in [6, 6.07) is -8.65. The molecule has 8 aromatic rings. The molecule has 0 saturated heterocycles. The van der Waals surface area contributed by atoms with Crippen molar-refractivity contribution in [1.29, 1.82) is 0 Å². The molecule has 37 heavy (non-hydrogen) atoms. The number of benzene rings is 7. The Hall–Kier alpha value is -4.88. The zero-order valence-corrected chi connectivity index (χ0v) is 18.6. The van der Waals surface area contributed by atoms with E-state index in [2.05, 4.69) is 0 Å². The van der Waals surface area contributed by atoms with Crippen LogP contribution in [0.2, 0.25) is 0 Å². The van der Waals surface area contributed by atoms with Crippen LogP contribution < -0.4 is 0 Å². The highest BCUT2D eigenvalue weighted by molar-refractivity contribution is 6.25. The number of fused-ring (bicyclic) bond motifs is 7. The van der Waals surface area contributed by atoms with Gasteiger partial charge in [0, 0.05) is 16.2 Å². The van der Waals surface area contributed by atoms with Crippen molar-refractivity contribution in [3.8, 4) is 22.3 Å². The van der Waals surface area contributed by atoms with Crippen LogP contribution in [0.5, 0.6) is 0 Å². The minimum Gasteiger partial charge on any atom is -0.455 e. The number of rotatable bonds is 2. The lowest BCUT2D eigenvalue weighted by molar-refractivity contribution is 0.672. The highest BCUT2D eigenvalue weighted by Crippen LogP contribution is 2.46. The van der Waals surface area contributed by atoms with E-state index in [9.17, 15) is 2.74 Å². The van der Waals surface area contributed by atoms with E-state index in [1.807, 2.05) is 0 Å². The summed E-state index contributed by atoms with van der Waals surface area (Å²) in [5, 5.41) is -1.86. The average molecular weight is 490 g/mol. The minimum absolute atomic E-state index is 0.123. The van der Waals surface area contributed by atoms with E-state index in [4.69, 9.17) is 27.7 Å². The summed E-state index contributed by atoms with van der Waals surface area (Å²) in [6.45, 7) is 0. The van der Waals surface area contributed by atoms with Crippen molar-refractivity contribution in [2.75, 3.05) is 0 Å². The lowest BCUT2D eigenvalue weighted by atomic mass is 9.84. The molecule has 0 aliphatic heterocycles. The maximum absolute atomic E-state index is 9.29. The van der Waals surface area contributed by atoms with Crippen LogP contribution in [0.4, 0.5) is 0 Å². The molecule has 0 saturated carbocycles. The third-order valence-electron chi connectivity index (χ3n) is 6.36. The standard InChI is InChI=1S/C36H22O/c1-2-11-23(12-3-1)34-27-14-4-6-16-29(27)35(30-17-7-5-15-28(30)34)26-18-10-19-31-24(26)21-22-32-25-13-8-9-20-33(25)37-36(31)32/h1-22H/i1D,2D,3D,4D,5D,6D,7D,8D,9D,10D,11D,13D,14D,15D,16D,18D,19D,20D,22D. The number of para-hydroxylation sites is 1. The fraction of sp³-hybridized carbons (Fsp3) is 0. The molecule has 0 N–H and O–H groups in total. The Balaban J connectivity index is 1.73. The largest absolute Gasteiger partial charge is 0.455 e. The van der Waals surface area contributed by atoms with E-state index in [1.165, 1.54) is 6.07 Å². The Bertz CT molecular complexity index is 3190. The molecule has 7 aromatic carbocycles. The summed E-state index contributed by atoms with van der Waals surface area (Å²) in [7, 11) is 0. The van der Waals surface area contributed by atoms with Crippen LogP contribution in [0, 0.1) is 0 Å². The van der Waals surface area contributed by atoms with E-state index in [1.54, 1.807) is 0 Å². The molecule has 0 unspecified atom stereocenters. The van der Waals surface area contributed by atoms with Gasteiger partial charge in [-0.15, -0.1) is 0 Å². The summed E-state index contributed by atoms with van der Waals surface area (Å²) < 4.78 is 172. The number of hydrogen-bond acceptors (Lipinski definition) is 1. The van der Waals surface area contributed by atoms with Crippen LogP contribution in [-0.4, -0.2) is 0 Å². The molecule has 0 amide bonds. The molecule has 0 fully saturated rings. The molecule has 0 aliphatic carbocycles. The normalized spacial score (nSPS) is 19.0. The van der Waals surface area contributed by atoms with Crippen molar-refractivity contribution in [3.05, 3.63) is 133 Å². The van der Waals surface area contributed by atoms with Crippen LogP contribution in [0.3, 0.4) is 0 Å². The molecule has 0 radical (unpaired) electrons. The molecule has 1 heteroatoms. The predicted molar refractivity (Wildman–Crippen MR) is 157 cm³/mol. The average Bonchev–Trinajstić information content (AvgIpc) is 3.57. The maximum Gasteiger partial charge on any atom is 0.143 e. The SMILES string of the molecule is [2H]c1cc(-c2c3c([2H])c([2H])c([2H])cc3c(-c3c([2H])c([2H])c([2H])c4c3cc([2H])c3c4oc4c([2H])c([2H])c([2H])c([2H])c43)c3c([2H])c([2H])c([2H])c([2H])c23)c([2H])c([2H])c1[2H]. The maximum atomic E-state index is 9.29. The number of hydrogen-bond donors (Lipinski definition) is 0. The minimum atomic E-state index is -0.763. The van der Waals surface area contributed by atoms with Crippen LogP contribution in [-0.2, 0) is 0 Å². The quantitative estimate of drug-likeness (QED) is 0.220. The first-order valence-electron chi connectivity index (χ1n) is 20.6. The summed E-state index contributed by atoms with van der Waals surface area (Å²) in [5.74, 6) is 0. The first-order chi connectivity index (χ1) is 26.2. The summed E-state index contributed by atoms with van der Waals surface area (Å²) in [5.41, 5.74) is -1.77.